The van der Waals surface area contributed by atoms with Gasteiger partial charge in [-0.25, -0.2) is 4.79 Å². The van der Waals surface area contributed by atoms with Crippen LogP contribution in [0.25, 0.3) is 0 Å². The number of carbonyl (C=O) groups is 1. The molecule has 0 spiro atoms. The van der Waals surface area contributed by atoms with E-state index in [0.29, 0.717) is 6.61 Å². The molecule has 0 radical (unpaired) electrons. The van der Waals surface area contributed by atoms with Gasteiger partial charge < -0.3 is 0 Å². The fourth-order valence-electron chi connectivity index (χ4n) is 1.44. The minimum absolute atomic E-state index is 0.0702. The predicted molar refractivity (Wildman–Crippen MR) is 54.7 cm³/mol. The first-order chi connectivity index (χ1) is 7.36. The van der Waals surface area contributed by atoms with E-state index in [9.17, 15) is 4.79 Å². The van der Waals surface area contributed by atoms with Crippen molar-refractivity contribution in [2.45, 2.75) is 25.9 Å². The van der Waals surface area contributed by atoms with E-state index in [4.69, 9.17) is 9.78 Å². The zero-order valence-corrected chi connectivity index (χ0v) is 8.52. The molecule has 3 nitrogen and oxygen atoms in total. The second-order valence-corrected chi connectivity index (χ2v) is 3.78. The molecule has 1 aliphatic rings. The highest BCUT2D eigenvalue weighted by molar-refractivity contribution is 5.72. The van der Waals surface area contributed by atoms with Crippen LogP contribution >= 0.6 is 0 Å². The van der Waals surface area contributed by atoms with Crippen molar-refractivity contribution in [3.8, 4) is 0 Å². The molecule has 15 heavy (non-hydrogen) atoms. The molecule has 1 aliphatic carbocycles. The van der Waals surface area contributed by atoms with Crippen molar-refractivity contribution in [2.75, 3.05) is 0 Å². The zero-order valence-electron chi connectivity index (χ0n) is 8.52. The molecule has 0 heterocycles. The molecule has 1 saturated carbocycles. The van der Waals surface area contributed by atoms with Gasteiger partial charge in [0.25, 0.3) is 0 Å². The van der Waals surface area contributed by atoms with Crippen LogP contribution in [0.5, 0.6) is 0 Å². The molecule has 0 N–H and O–H groups in total. The van der Waals surface area contributed by atoms with E-state index >= 15 is 0 Å². The number of carbonyl (C=O) groups excluding carboxylic acids is 1. The molecule has 1 fully saturated rings. The fraction of sp³-hybridized carbons (Fsp3) is 0.417. The van der Waals surface area contributed by atoms with Gasteiger partial charge >= 0.3 is 5.97 Å². The molecule has 3 heteroatoms. The first-order valence-corrected chi connectivity index (χ1v) is 5.23. The molecule has 80 valence electrons. The van der Waals surface area contributed by atoms with E-state index < -0.39 is 0 Å². The molecule has 1 aromatic carbocycles. The SMILES string of the molecule is O=C(OOCc1ccccc1)C1CCC1. The summed E-state index contributed by atoms with van der Waals surface area (Å²) in [7, 11) is 0. The number of hydrogen-bond donors (Lipinski definition) is 0. The van der Waals surface area contributed by atoms with Crippen molar-refractivity contribution in [3.63, 3.8) is 0 Å². The third-order valence-corrected chi connectivity index (χ3v) is 2.65. The largest absolute Gasteiger partial charge is 0.345 e. The molecule has 0 aromatic heterocycles. The molecule has 0 amide bonds. The Balaban J connectivity index is 1.68. The van der Waals surface area contributed by atoms with Crippen molar-refractivity contribution in [1.82, 2.24) is 0 Å². The summed E-state index contributed by atoms with van der Waals surface area (Å²) in [6, 6.07) is 9.64. The Bertz CT molecular complexity index is 317. The van der Waals surface area contributed by atoms with Crippen molar-refractivity contribution < 1.29 is 14.6 Å². The molecule has 0 bridgehead atoms. The molecule has 0 atom stereocenters. The minimum Gasteiger partial charge on any atom is -0.298 e. The maximum Gasteiger partial charge on any atom is 0.345 e. The predicted octanol–water partition coefficient (Wildman–Crippen LogP) is 2.46. The second-order valence-electron chi connectivity index (χ2n) is 3.78. The first kappa shape index (κ1) is 10.2. The molecule has 1 aromatic rings. The average Bonchev–Trinajstić information content (AvgIpc) is 2.16. The molecule has 0 unspecified atom stereocenters. The van der Waals surface area contributed by atoms with E-state index in [0.717, 1.165) is 24.8 Å². The summed E-state index contributed by atoms with van der Waals surface area (Å²) >= 11 is 0. The number of rotatable bonds is 4. The van der Waals surface area contributed by atoms with Crippen LogP contribution in [0.3, 0.4) is 0 Å². The fourth-order valence-corrected chi connectivity index (χ4v) is 1.44. The Morgan fingerprint density at radius 3 is 2.60 bits per heavy atom. The second kappa shape index (κ2) is 4.94. The van der Waals surface area contributed by atoms with Crippen LogP contribution in [0.15, 0.2) is 30.3 Å². The standard InChI is InChI=1S/C12H14O3/c13-12(11-7-4-8-11)15-14-9-10-5-2-1-3-6-10/h1-3,5-6,11H,4,7-9H2. The maximum atomic E-state index is 11.3. The lowest BCUT2D eigenvalue weighted by molar-refractivity contribution is -0.285. The third-order valence-electron chi connectivity index (χ3n) is 2.65. The van der Waals surface area contributed by atoms with Crippen LogP contribution in [0.2, 0.25) is 0 Å². The summed E-state index contributed by atoms with van der Waals surface area (Å²) in [6.07, 6.45) is 3.00. The van der Waals surface area contributed by atoms with Crippen molar-refractivity contribution in [3.05, 3.63) is 35.9 Å². The normalized spacial score (nSPS) is 15.7. The monoisotopic (exact) mass is 206 g/mol. The van der Waals surface area contributed by atoms with Gasteiger partial charge in [-0.1, -0.05) is 36.8 Å². The quantitative estimate of drug-likeness (QED) is 0.560. The summed E-state index contributed by atoms with van der Waals surface area (Å²) < 4.78 is 0. The van der Waals surface area contributed by atoms with Crippen LogP contribution in [0.1, 0.15) is 24.8 Å². The lowest BCUT2D eigenvalue weighted by Crippen LogP contribution is -2.24. The molecule has 0 aliphatic heterocycles. The first-order valence-electron chi connectivity index (χ1n) is 5.23. The molecule has 2 rings (SSSR count). The Morgan fingerprint density at radius 2 is 2.00 bits per heavy atom. The van der Waals surface area contributed by atoms with Crippen molar-refractivity contribution in [2.24, 2.45) is 5.92 Å². The smallest absolute Gasteiger partial charge is 0.298 e. The van der Waals surface area contributed by atoms with E-state index in [2.05, 4.69) is 0 Å². The summed E-state index contributed by atoms with van der Waals surface area (Å²) in [5, 5.41) is 0. The number of hydrogen-bond acceptors (Lipinski definition) is 3. The Labute approximate surface area is 88.9 Å². The van der Waals surface area contributed by atoms with Gasteiger partial charge in [-0.05, 0) is 18.4 Å². The van der Waals surface area contributed by atoms with Crippen LogP contribution in [-0.4, -0.2) is 5.97 Å². The third kappa shape index (κ3) is 2.80. The minimum atomic E-state index is -0.225. The highest BCUT2D eigenvalue weighted by Gasteiger charge is 2.27. The van der Waals surface area contributed by atoms with E-state index in [-0.39, 0.29) is 11.9 Å². The Kier molecular flexibility index (Phi) is 3.35. The highest BCUT2D eigenvalue weighted by Crippen LogP contribution is 2.27. The Morgan fingerprint density at radius 1 is 1.27 bits per heavy atom. The maximum absolute atomic E-state index is 11.3. The lowest BCUT2D eigenvalue weighted by Gasteiger charge is -2.21. The van der Waals surface area contributed by atoms with Gasteiger partial charge in [0.15, 0.2) is 0 Å². The summed E-state index contributed by atoms with van der Waals surface area (Å²) in [5.41, 5.74) is 0.999. The van der Waals surface area contributed by atoms with Gasteiger partial charge in [0.2, 0.25) is 0 Å². The van der Waals surface area contributed by atoms with Crippen LogP contribution in [-0.2, 0) is 21.2 Å². The van der Waals surface area contributed by atoms with E-state index in [1.54, 1.807) is 0 Å². The van der Waals surface area contributed by atoms with Gasteiger partial charge in [0.1, 0.15) is 6.61 Å². The van der Waals surface area contributed by atoms with Crippen LogP contribution < -0.4 is 0 Å². The van der Waals surface area contributed by atoms with Crippen molar-refractivity contribution >= 4 is 5.97 Å². The van der Waals surface area contributed by atoms with Crippen molar-refractivity contribution in [1.29, 1.82) is 0 Å². The van der Waals surface area contributed by atoms with E-state index in [1.165, 1.54) is 0 Å². The van der Waals surface area contributed by atoms with Gasteiger partial charge in [0, 0.05) is 0 Å². The Hall–Kier alpha value is -1.35. The topological polar surface area (TPSA) is 35.5 Å². The summed E-state index contributed by atoms with van der Waals surface area (Å²) in [5.74, 6) is -0.155. The van der Waals surface area contributed by atoms with E-state index in [1.807, 2.05) is 30.3 Å². The average molecular weight is 206 g/mol. The highest BCUT2D eigenvalue weighted by atomic mass is 17.2. The van der Waals surface area contributed by atoms with Gasteiger partial charge in [-0.3, -0.25) is 4.89 Å². The summed E-state index contributed by atoms with van der Waals surface area (Å²) in [6.45, 7) is 0.319. The zero-order chi connectivity index (χ0) is 10.5. The van der Waals surface area contributed by atoms with Gasteiger partial charge in [-0.2, -0.15) is 4.89 Å². The van der Waals surface area contributed by atoms with Gasteiger partial charge in [0.05, 0.1) is 5.92 Å². The van der Waals surface area contributed by atoms with Crippen LogP contribution in [0.4, 0.5) is 0 Å². The molecular formula is C12H14O3. The van der Waals surface area contributed by atoms with Gasteiger partial charge in [-0.15, -0.1) is 0 Å². The summed E-state index contributed by atoms with van der Waals surface area (Å²) in [4.78, 5) is 20.9. The number of benzene rings is 1. The van der Waals surface area contributed by atoms with Crippen LogP contribution in [0, 0.1) is 5.92 Å². The molecule has 0 saturated heterocycles. The molecular weight excluding hydrogens is 192 g/mol. The lowest BCUT2D eigenvalue weighted by atomic mass is 9.86.